The first kappa shape index (κ1) is 19.5. The summed E-state index contributed by atoms with van der Waals surface area (Å²) in [5.74, 6) is -3.19. The maximum atomic E-state index is 12.0. The highest BCUT2D eigenvalue weighted by Gasteiger charge is 2.52. The van der Waals surface area contributed by atoms with Gasteiger partial charge in [-0.15, -0.1) is 0 Å². The maximum absolute atomic E-state index is 12.0. The molecule has 10 N–H and O–H groups in total. The second-order valence-electron chi connectivity index (χ2n) is 5.26. The molecule has 0 aromatic rings. The van der Waals surface area contributed by atoms with Crippen LogP contribution in [0.25, 0.3) is 0 Å². The number of aliphatic hydroxyl groups is 4. The van der Waals surface area contributed by atoms with Gasteiger partial charge in [-0.05, 0) is 12.8 Å². The lowest BCUT2D eigenvalue weighted by molar-refractivity contribution is -0.335. The number of rotatable bonds is 7. The molecule has 5 atom stereocenters. The summed E-state index contributed by atoms with van der Waals surface area (Å²) in [4.78, 5) is 15.7. The van der Waals surface area contributed by atoms with E-state index in [4.69, 9.17) is 26.7 Å². The molecule has 0 amide bonds. The van der Waals surface area contributed by atoms with Crippen molar-refractivity contribution in [1.29, 1.82) is 0 Å². The van der Waals surface area contributed by atoms with Crippen molar-refractivity contribution in [1.82, 2.24) is 0 Å². The number of hydrogen-bond acceptors (Lipinski definition) is 9. The van der Waals surface area contributed by atoms with Crippen LogP contribution in [0.2, 0.25) is 0 Å². The first-order valence-electron chi connectivity index (χ1n) is 7.06. The predicted molar refractivity (Wildman–Crippen MR) is 77.8 cm³/mol. The van der Waals surface area contributed by atoms with Gasteiger partial charge < -0.3 is 47.1 Å². The first-order chi connectivity index (χ1) is 10.7. The van der Waals surface area contributed by atoms with E-state index in [1.54, 1.807) is 0 Å². The second-order valence-corrected chi connectivity index (χ2v) is 5.26. The lowest BCUT2D eigenvalue weighted by Crippen LogP contribution is -2.65. The molecule has 0 saturated carbocycles. The smallest absolute Gasteiger partial charge is 0.325 e. The standard InChI is InChI=1S/C12H24N4O7/c13-6(2-1-3-16-11(14)15)10(21)23-12(5-17)9(20)8(19)7(18)4-22-12/h6-9,17-20H,1-5,13H2,(H4,14,15,16)/t6?,7-,8-,9+,12?/m1/s1. The highest BCUT2D eigenvalue weighted by atomic mass is 16.7. The predicted octanol–water partition coefficient (Wildman–Crippen LogP) is -4.29. The Morgan fingerprint density at radius 3 is 2.61 bits per heavy atom. The highest BCUT2D eigenvalue weighted by Crippen LogP contribution is 2.28. The third-order valence-corrected chi connectivity index (χ3v) is 3.43. The number of aliphatic imine (C=N–C) groups is 1. The molecule has 11 heteroatoms. The average molecular weight is 336 g/mol. The Labute approximate surface area is 132 Å². The van der Waals surface area contributed by atoms with Gasteiger partial charge >= 0.3 is 5.97 Å². The van der Waals surface area contributed by atoms with E-state index in [-0.39, 0.29) is 18.9 Å². The summed E-state index contributed by atoms with van der Waals surface area (Å²) >= 11 is 0. The molecule has 0 spiro atoms. The summed E-state index contributed by atoms with van der Waals surface area (Å²) in [6.07, 6.45) is -4.23. The molecular formula is C12H24N4O7. The van der Waals surface area contributed by atoms with Crippen molar-refractivity contribution in [3.05, 3.63) is 0 Å². The summed E-state index contributed by atoms with van der Waals surface area (Å²) in [5, 5.41) is 38.3. The van der Waals surface area contributed by atoms with Crippen molar-refractivity contribution in [2.45, 2.75) is 43.0 Å². The van der Waals surface area contributed by atoms with Crippen LogP contribution in [-0.2, 0) is 14.3 Å². The van der Waals surface area contributed by atoms with E-state index < -0.39 is 49.3 Å². The van der Waals surface area contributed by atoms with Crippen molar-refractivity contribution in [3.8, 4) is 0 Å². The minimum atomic E-state index is -2.17. The second kappa shape index (κ2) is 8.38. The van der Waals surface area contributed by atoms with Gasteiger partial charge in [0.05, 0.1) is 6.61 Å². The molecule has 1 heterocycles. The molecule has 1 aliphatic heterocycles. The molecule has 134 valence electrons. The number of aliphatic hydroxyl groups excluding tert-OH is 4. The molecule has 1 saturated heterocycles. The summed E-state index contributed by atoms with van der Waals surface area (Å²) < 4.78 is 9.98. The van der Waals surface area contributed by atoms with Crippen LogP contribution >= 0.6 is 0 Å². The molecular weight excluding hydrogens is 312 g/mol. The van der Waals surface area contributed by atoms with E-state index in [1.165, 1.54) is 0 Å². The first-order valence-corrected chi connectivity index (χ1v) is 7.06. The van der Waals surface area contributed by atoms with Gasteiger partial charge in [0, 0.05) is 6.54 Å². The number of carbonyl (C=O) groups excluding carboxylic acids is 1. The van der Waals surface area contributed by atoms with Crippen LogP contribution in [0.3, 0.4) is 0 Å². The van der Waals surface area contributed by atoms with Crippen molar-refractivity contribution in [2.24, 2.45) is 22.2 Å². The number of ether oxygens (including phenoxy) is 2. The molecule has 0 aromatic heterocycles. The molecule has 1 aliphatic rings. The van der Waals surface area contributed by atoms with Crippen LogP contribution < -0.4 is 17.2 Å². The molecule has 0 aliphatic carbocycles. The number of nitrogens with zero attached hydrogens (tertiary/aromatic N) is 1. The lowest BCUT2D eigenvalue weighted by atomic mass is 9.97. The van der Waals surface area contributed by atoms with Gasteiger partial charge in [0.25, 0.3) is 5.79 Å². The average Bonchev–Trinajstić information content (AvgIpc) is 2.51. The van der Waals surface area contributed by atoms with Gasteiger partial charge in [0.1, 0.15) is 24.9 Å². The van der Waals surface area contributed by atoms with Gasteiger partial charge in [-0.25, -0.2) is 0 Å². The minimum absolute atomic E-state index is 0.0772. The fourth-order valence-corrected chi connectivity index (χ4v) is 2.03. The summed E-state index contributed by atoms with van der Waals surface area (Å²) in [7, 11) is 0. The van der Waals surface area contributed by atoms with Gasteiger partial charge in [-0.1, -0.05) is 0 Å². The maximum Gasteiger partial charge on any atom is 0.325 e. The summed E-state index contributed by atoms with van der Waals surface area (Å²) in [5.41, 5.74) is 16.0. The molecule has 1 fully saturated rings. The van der Waals surface area contributed by atoms with E-state index >= 15 is 0 Å². The van der Waals surface area contributed by atoms with Crippen LogP contribution in [0.5, 0.6) is 0 Å². The molecule has 0 bridgehead atoms. The zero-order valence-corrected chi connectivity index (χ0v) is 12.5. The molecule has 0 radical (unpaired) electrons. The number of nitrogens with two attached hydrogens (primary N) is 3. The Morgan fingerprint density at radius 2 is 2.04 bits per heavy atom. The monoisotopic (exact) mass is 336 g/mol. The quantitative estimate of drug-likeness (QED) is 0.103. The number of hydrogen-bond donors (Lipinski definition) is 7. The fraction of sp³-hybridized carbons (Fsp3) is 0.833. The normalized spacial score (nSPS) is 32.1. The van der Waals surface area contributed by atoms with Crippen LogP contribution in [0.1, 0.15) is 12.8 Å². The van der Waals surface area contributed by atoms with Crippen molar-refractivity contribution in [3.63, 3.8) is 0 Å². The van der Waals surface area contributed by atoms with Gasteiger partial charge in [0.15, 0.2) is 12.1 Å². The number of esters is 1. The Bertz CT molecular complexity index is 432. The molecule has 2 unspecified atom stereocenters. The highest BCUT2D eigenvalue weighted by molar-refractivity contribution is 5.76. The fourth-order valence-electron chi connectivity index (χ4n) is 2.03. The van der Waals surface area contributed by atoms with E-state index in [0.717, 1.165) is 0 Å². The van der Waals surface area contributed by atoms with Gasteiger partial charge in [-0.2, -0.15) is 0 Å². The number of carbonyl (C=O) groups is 1. The van der Waals surface area contributed by atoms with Crippen LogP contribution in [0.15, 0.2) is 4.99 Å². The largest absolute Gasteiger partial charge is 0.426 e. The van der Waals surface area contributed by atoms with Crippen LogP contribution in [0, 0.1) is 0 Å². The van der Waals surface area contributed by atoms with E-state index in [9.17, 15) is 25.2 Å². The number of guanidine groups is 1. The van der Waals surface area contributed by atoms with E-state index in [0.29, 0.717) is 6.42 Å². The van der Waals surface area contributed by atoms with E-state index in [2.05, 4.69) is 4.99 Å². The topological polar surface area (TPSA) is 207 Å². The zero-order chi connectivity index (χ0) is 17.6. The van der Waals surface area contributed by atoms with Gasteiger partial charge in [-0.3, -0.25) is 9.79 Å². The third-order valence-electron chi connectivity index (χ3n) is 3.43. The van der Waals surface area contributed by atoms with Crippen molar-refractivity contribution in [2.75, 3.05) is 19.8 Å². The SMILES string of the molecule is NC(N)=NCCCC(N)C(=O)OC1(CO)OC[C@@H](O)[C@@H](O)[C@@H]1O. The van der Waals surface area contributed by atoms with Crippen LogP contribution in [0.4, 0.5) is 0 Å². The van der Waals surface area contributed by atoms with Crippen molar-refractivity contribution >= 4 is 11.9 Å². The Hall–Kier alpha value is -1.50. The Morgan fingerprint density at radius 1 is 1.39 bits per heavy atom. The lowest BCUT2D eigenvalue weighted by Gasteiger charge is -2.43. The molecule has 0 aromatic carbocycles. The zero-order valence-electron chi connectivity index (χ0n) is 12.5. The molecule has 23 heavy (non-hydrogen) atoms. The Balaban J connectivity index is 2.60. The van der Waals surface area contributed by atoms with Crippen molar-refractivity contribution < 1.29 is 34.7 Å². The van der Waals surface area contributed by atoms with Crippen LogP contribution in [-0.4, -0.2) is 82.3 Å². The summed E-state index contributed by atoms with van der Waals surface area (Å²) in [6.45, 7) is -1.06. The Kier molecular flexibility index (Phi) is 7.12. The van der Waals surface area contributed by atoms with Gasteiger partial charge in [0.2, 0.25) is 0 Å². The minimum Gasteiger partial charge on any atom is -0.426 e. The molecule has 1 rings (SSSR count). The summed E-state index contributed by atoms with van der Waals surface area (Å²) in [6, 6.07) is -1.06. The third kappa shape index (κ3) is 4.99. The molecule has 11 nitrogen and oxygen atoms in total. The van der Waals surface area contributed by atoms with E-state index in [1.807, 2.05) is 0 Å².